The number of hydrogen-bond donors (Lipinski definition) is 1. The Labute approximate surface area is 105 Å². The fourth-order valence-electron chi connectivity index (χ4n) is 2.13. The predicted octanol–water partition coefficient (Wildman–Crippen LogP) is 3.32. The monoisotopic (exact) mass is 235 g/mol. The number of benzene rings is 1. The SMILES string of the molecule is COc1ccc(CCC(C)NC(C)C)cc1C. The zero-order valence-electron chi connectivity index (χ0n) is 11.7. The third-order valence-electron chi connectivity index (χ3n) is 2.94. The molecule has 0 aliphatic carbocycles. The highest BCUT2D eigenvalue weighted by molar-refractivity contribution is 5.36. The smallest absolute Gasteiger partial charge is 0.121 e. The van der Waals surface area contributed by atoms with Crippen molar-refractivity contribution in [2.24, 2.45) is 0 Å². The van der Waals surface area contributed by atoms with Gasteiger partial charge in [-0.3, -0.25) is 0 Å². The van der Waals surface area contributed by atoms with E-state index in [1.807, 2.05) is 0 Å². The van der Waals surface area contributed by atoms with Crippen LogP contribution in [0.25, 0.3) is 0 Å². The van der Waals surface area contributed by atoms with E-state index in [0.29, 0.717) is 12.1 Å². The summed E-state index contributed by atoms with van der Waals surface area (Å²) in [6, 6.07) is 7.57. The van der Waals surface area contributed by atoms with Gasteiger partial charge in [0.2, 0.25) is 0 Å². The van der Waals surface area contributed by atoms with Gasteiger partial charge >= 0.3 is 0 Å². The van der Waals surface area contributed by atoms with Crippen molar-refractivity contribution in [1.82, 2.24) is 5.32 Å². The van der Waals surface area contributed by atoms with Gasteiger partial charge in [-0.05, 0) is 43.9 Å². The number of methoxy groups -OCH3 is 1. The zero-order chi connectivity index (χ0) is 12.8. The Kier molecular flexibility index (Phi) is 5.49. The lowest BCUT2D eigenvalue weighted by molar-refractivity contribution is 0.411. The Morgan fingerprint density at radius 2 is 1.94 bits per heavy atom. The maximum absolute atomic E-state index is 5.27. The van der Waals surface area contributed by atoms with Crippen LogP contribution in [0.1, 0.15) is 38.3 Å². The first-order valence-corrected chi connectivity index (χ1v) is 6.42. The van der Waals surface area contributed by atoms with Crippen LogP contribution in [0.3, 0.4) is 0 Å². The molecule has 0 saturated heterocycles. The van der Waals surface area contributed by atoms with E-state index in [4.69, 9.17) is 4.74 Å². The topological polar surface area (TPSA) is 21.3 Å². The minimum Gasteiger partial charge on any atom is -0.496 e. The molecule has 0 saturated carbocycles. The van der Waals surface area contributed by atoms with Crippen LogP contribution in [0.2, 0.25) is 0 Å². The van der Waals surface area contributed by atoms with Crippen LogP contribution in [0, 0.1) is 6.92 Å². The van der Waals surface area contributed by atoms with Crippen LogP contribution in [0.15, 0.2) is 18.2 Å². The molecule has 1 atom stereocenters. The van der Waals surface area contributed by atoms with Gasteiger partial charge < -0.3 is 10.1 Å². The summed E-state index contributed by atoms with van der Waals surface area (Å²) in [4.78, 5) is 0. The van der Waals surface area contributed by atoms with Crippen molar-refractivity contribution in [1.29, 1.82) is 0 Å². The minimum atomic E-state index is 0.558. The van der Waals surface area contributed by atoms with Gasteiger partial charge in [0, 0.05) is 12.1 Å². The molecule has 96 valence electrons. The van der Waals surface area contributed by atoms with Gasteiger partial charge in [0.15, 0.2) is 0 Å². The molecule has 1 aromatic rings. The van der Waals surface area contributed by atoms with Gasteiger partial charge in [-0.1, -0.05) is 26.0 Å². The van der Waals surface area contributed by atoms with E-state index >= 15 is 0 Å². The van der Waals surface area contributed by atoms with Crippen LogP contribution in [-0.4, -0.2) is 19.2 Å². The van der Waals surface area contributed by atoms with E-state index in [0.717, 1.165) is 12.2 Å². The van der Waals surface area contributed by atoms with Crippen molar-refractivity contribution < 1.29 is 4.74 Å². The lowest BCUT2D eigenvalue weighted by atomic mass is 10.0. The van der Waals surface area contributed by atoms with Gasteiger partial charge in [-0.2, -0.15) is 0 Å². The summed E-state index contributed by atoms with van der Waals surface area (Å²) in [5.41, 5.74) is 2.61. The van der Waals surface area contributed by atoms with E-state index < -0.39 is 0 Å². The van der Waals surface area contributed by atoms with Crippen LogP contribution in [-0.2, 0) is 6.42 Å². The van der Waals surface area contributed by atoms with Gasteiger partial charge in [-0.25, -0.2) is 0 Å². The maximum atomic E-state index is 5.27. The third-order valence-corrected chi connectivity index (χ3v) is 2.94. The third kappa shape index (κ3) is 4.78. The maximum Gasteiger partial charge on any atom is 0.121 e. The average molecular weight is 235 g/mol. The number of aryl methyl sites for hydroxylation is 2. The summed E-state index contributed by atoms with van der Waals surface area (Å²) in [5, 5.41) is 3.53. The number of nitrogens with one attached hydrogen (secondary N) is 1. The lowest BCUT2D eigenvalue weighted by Crippen LogP contribution is -2.32. The second-order valence-electron chi connectivity index (χ2n) is 5.07. The van der Waals surface area contributed by atoms with Crippen molar-refractivity contribution in [3.05, 3.63) is 29.3 Å². The molecule has 1 unspecified atom stereocenters. The summed E-state index contributed by atoms with van der Waals surface area (Å²) < 4.78 is 5.27. The first kappa shape index (κ1) is 14.0. The molecule has 0 amide bonds. The highest BCUT2D eigenvalue weighted by Gasteiger charge is 2.05. The minimum absolute atomic E-state index is 0.558. The summed E-state index contributed by atoms with van der Waals surface area (Å²) in [6.07, 6.45) is 2.29. The second-order valence-corrected chi connectivity index (χ2v) is 5.07. The molecule has 0 radical (unpaired) electrons. The molecule has 0 aliphatic rings. The Balaban J connectivity index is 2.49. The van der Waals surface area contributed by atoms with Crippen LogP contribution in [0.4, 0.5) is 0 Å². The van der Waals surface area contributed by atoms with Crippen LogP contribution < -0.4 is 10.1 Å². The molecule has 0 heterocycles. The normalized spacial score (nSPS) is 12.8. The summed E-state index contributed by atoms with van der Waals surface area (Å²) in [6.45, 7) is 8.72. The van der Waals surface area contributed by atoms with Crippen molar-refractivity contribution in [2.45, 2.75) is 52.6 Å². The van der Waals surface area contributed by atoms with Crippen molar-refractivity contribution in [2.75, 3.05) is 7.11 Å². The van der Waals surface area contributed by atoms with Crippen molar-refractivity contribution in [3.63, 3.8) is 0 Å². The van der Waals surface area contributed by atoms with Crippen molar-refractivity contribution >= 4 is 0 Å². The Morgan fingerprint density at radius 1 is 1.24 bits per heavy atom. The molecular weight excluding hydrogens is 210 g/mol. The summed E-state index contributed by atoms with van der Waals surface area (Å²) in [7, 11) is 1.72. The quantitative estimate of drug-likeness (QED) is 0.816. The molecule has 0 fully saturated rings. The standard InChI is InChI=1S/C15H25NO/c1-11(2)16-13(4)6-7-14-8-9-15(17-5)12(3)10-14/h8-11,13,16H,6-7H2,1-5H3. The molecule has 0 aliphatic heterocycles. The molecule has 1 N–H and O–H groups in total. The van der Waals surface area contributed by atoms with E-state index in [2.05, 4.69) is 51.2 Å². The molecule has 2 heteroatoms. The largest absolute Gasteiger partial charge is 0.496 e. The molecule has 1 aromatic carbocycles. The Morgan fingerprint density at radius 3 is 2.47 bits per heavy atom. The highest BCUT2D eigenvalue weighted by Crippen LogP contribution is 2.19. The summed E-state index contributed by atoms with van der Waals surface area (Å²) in [5.74, 6) is 0.974. The number of ether oxygens (including phenoxy) is 1. The van der Waals surface area contributed by atoms with Crippen LogP contribution in [0.5, 0.6) is 5.75 Å². The van der Waals surface area contributed by atoms with E-state index in [1.54, 1.807) is 7.11 Å². The molecule has 2 nitrogen and oxygen atoms in total. The molecule has 0 spiro atoms. The Hall–Kier alpha value is -1.02. The summed E-state index contributed by atoms with van der Waals surface area (Å²) >= 11 is 0. The fourth-order valence-corrected chi connectivity index (χ4v) is 2.13. The van der Waals surface area contributed by atoms with Crippen LogP contribution >= 0.6 is 0 Å². The fraction of sp³-hybridized carbons (Fsp3) is 0.600. The van der Waals surface area contributed by atoms with E-state index in [-0.39, 0.29) is 0 Å². The first-order valence-electron chi connectivity index (χ1n) is 6.42. The van der Waals surface area contributed by atoms with Gasteiger partial charge in [0.25, 0.3) is 0 Å². The zero-order valence-corrected chi connectivity index (χ0v) is 11.7. The highest BCUT2D eigenvalue weighted by atomic mass is 16.5. The molecule has 0 aromatic heterocycles. The van der Waals surface area contributed by atoms with Gasteiger partial charge in [-0.15, -0.1) is 0 Å². The number of hydrogen-bond acceptors (Lipinski definition) is 2. The lowest BCUT2D eigenvalue weighted by Gasteiger charge is -2.17. The Bertz CT molecular complexity index is 347. The van der Waals surface area contributed by atoms with E-state index in [1.165, 1.54) is 17.5 Å². The molecule has 1 rings (SSSR count). The van der Waals surface area contributed by atoms with Gasteiger partial charge in [0.05, 0.1) is 7.11 Å². The second kappa shape index (κ2) is 6.65. The number of rotatable bonds is 6. The van der Waals surface area contributed by atoms with Crippen molar-refractivity contribution in [3.8, 4) is 5.75 Å². The van der Waals surface area contributed by atoms with Gasteiger partial charge in [0.1, 0.15) is 5.75 Å². The molecule has 17 heavy (non-hydrogen) atoms. The average Bonchev–Trinajstić information content (AvgIpc) is 2.25. The molecular formula is C15H25NO. The van der Waals surface area contributed by atoms with E-state index in [9.17, 15) is 0 Å². The first-order chi connectivity index (χ1) is 8.02. The predicted molar refractivity (Wildman–Crippen MR) is 73.8 cm³/mol. The molecule has 0 bridgehead atoms.